The van der Waals surface area contributed by atoms with Gasteiger partial charge in [0.25, 0.3) is 5.91 Å². The number of carbonyl (C=O) groups is 1. The third kappa shape index (κ3) is 5.07. The predicted octanol–water partition coefficient (Wildman–Crippen LogP) is 2.56. The average Bonchev–Trinajstić information content (AvgIpc) is 2.35. The smallest absolute Gasteiger partial charge is 0.251 e. The fraction of sp³-hybridized carbons (Fsp3) is 0.500. The second-order valence-corrected chi connectivity index (χ2v) is 5.09. The maximum absolute atomic E-state index is 11.8. The molecule has 0 saturated heterocycles. The minimum Gasteiger partial charge on any atom is -0.391 e. The molecule has 0 radical (unpaired) electrons. The van der Waals surface area contributed by atoms with Gasteiger partial charge in [0.15, 0.2) is 0 Å². The van der Waals surface area contributed by atoms with Crippen LogP contribution in [0.5, 0.6) is 0 Å². The van der Waals surface area contributed by atoms with Crippen LogP contribution < -0.4 is 5.32 Å². The Bertz CT molecular complexity index is 376. The normalized spacial score (nSPS) is 12.5. The lowest BCUT2D eigenvalue weighted by Gasteiger charge is -2.13. The molecule has 4 heteroatoms. The van der Waals surface area contributed by atoms with Gasteiger partial charge in [-0.15, -0.1) is 11.6 Å². The second kappa shape index (κ2) is 7.39. The molecule has 0 heterocycles. The number of alkyl halides is 1. The van der Waals surface area contributed by atoms with Crippen molar-refractivity contribution in [2.45, 2.75) is 32.3 Å². The van der Waals surface area contributed by atoms with Gasteiger partial charge in [-0.2, -0.15) is 0 Å². The standard InChI is InChI=1S/C14H20ClNO2/c1-10(2)7-13(17)9-16-14(18)12-5-3-11(8-15)4-6-12/h3-6,10,13,17H,7-9H2,1-2H3,(H,16,18). The van der Waals surface area contributed by atoms with E-state index in [1.165, 1.54) is 0 Å². The molecular formula is C14H20ClNO2. The molecule has 3 nitrogen and oxygen atoms in total. The fourth-order valence-electron chi connectivity index (χ4n) is 1.69. The van der Waals surface area contributed by atoms with Gasteiger partial charge < -0.3 is 10.4 Å². The SMILES string of the molecule is CC(C)CC(O)CNC(=O)c1ccc(CCl)cc1. The molecule has 0 aliphatic carbocycles. The van der Waals surface area contributed by atoms with Gasteiger partial charge >= 0.3 is 0 Å². The van der Waals surface area contributed by atoms with Crippen LogP contribution >= 0.6 is 11.6 Å². The third-order valence-electron chi connectivity index (χ3n) is 2.61. The second-order valence-electron chi connectivity index (χ2n) is 4.82. The van der Waals surface area contributed by atoms with E-state index in [2.05, 4.69) is 5.32 Å². The summed E-state index contributed by atoms with van der Waals surface area (Å²) in [5.41, 5.74) is 1.56. The van der Waals surface area contributed by atoms with E-state index >= 15 is 0 Å². The van der Waals surface area contributed by atoms with Crippen LogP contribution in [0.15, 0.2) is 24.3 Å². The zero-order chi connectivity index (χ0) is 13.5. The van der Waals surface area contributed by atoms with Gasteiger partial charge in [-0.1, -0.05) is 26.0 Å². The summed E-state index contributed by atoms with van der Waals surface area (Å²) in [5.74, 6) is 0.688. The molecule has 1 atom stereocenters. The number of benzene rings is 1. The zero-order valence-corrected chi connectivity index (χ0v) is 11.6. The van der Waals surface area contributed by atoms with E-state index in [0.717, 1.165) is 5.56 Å². The molecule has 100 valence electrons. The van der Waals surface area contributed by atoms with Gasteiger partial charge in [-0.25, -0.2) is 0 Å². The van der Waals surface area contributed by atoms with E-state index in [4.69, 9.17) is 11.6 Å². The highest BCUT2D eigenvalue weighted by atomic mass is 35.5. The molecule has 0 aliphatic rings. The lowest BCUT2D eigenvalue weighted by molar-refractivity contribution is 0.0900. The number of hydrogen-bond donors (Lipinski definition) is 2. The highest BCUT2D eigenvalue weighted by Crippen LogP contribution is 2.07. The average molecular weight is 270 g/mol. The number of aliphatic hydroxyl groups excluding tert-OH is 1. The molecule has 0 bridgehead atoms. The topological polar surface area (TPSA) is 49.3 Å². The lowest BCUT2D eigenvalue weighted by atomic mass is 10.1. The molecule has 0 spiro atoms. The first-order valence-corrected chi connectivity index (χ1v) is 6.67. The molecule has 1 rings (SSSR count). The van der Waals surface area contributed by atoms with Gasteiger partial charge in [-0.3, -0.25) is 4.79 Å². The Hall–Kier alpha value is -1.06. The van der Waals surface area contributed by atoms with Crippen LogP contribution in [-0.4, -0.2) is 23.7 Å². The van der Waals surface area contributed by atoms with Gasteiger partial charge in [0.2, 0.25) is 0 Å². The summed E-state index contributed by atoms with van der Waals surface area (Å²) in [4.78, 5) is 11.8. The Morgan fingerprint density at radius 2 is 1.94 bits per heavy atom. The van der Waals surface area contributed by atoms with Crippen LogP contribution in [0.1, 0.15) is 36.2 Å². The minimum atomic E-state index is -0.490. The van der Waals surface area contributed by atoms with Crippen LogP contribution in [0.25, 0.3) is 0 Å². The largest absolute Gasteiger partial charge is 0.391 e. The highest BCUT2D eigenvalue weighted by Gasteiger charge is 2.10. The number of halogens is 1. The number of carbonyl (C=O) groups excluding carboxylic acids is 1. The van der Waals surface area contributed by atoms with Gasteiger partial charge in [0, 0.05) is 18.0 Å². The summed E-state index contributed by atoms with van der Waals surface area (Å²) in [7, 11) is 0. The Balaban J connectivity index is 2.44. The summed E-state index contributed by atoms with van der Waals surface area (Å²) < 4.78 is 0. The van der Waals surface area contributed by atoms with E-state index < -0.39 is 6.10 Å². The van der Waals surface area contributed by atoms with Crippen LogP contribution in [0.4, 0.5) is 0 Å². The Kier molecular flexibility index (Phi) is 6.16. The molecule has 0 fully saturated rings. The number of amides is 1. The first-order chi connectivity index (χ1) is 8.52. The molecule has 1 aromatic carbocycles. The predicted molar refractivity (Wildman–Crippen MR) is 73.8 cm³/mol. The summed E-state index contributed by atoms with van der Waals surface area (Å²) in [6.07, 6.45) is 0.196. The van der Waals surface area contributed by atoms with E-state index in [1.807, 2.05) is 26.0 Å². The lowest BCUT2D eigenvalue weighted by Crippen LogP contribution is -2.32. The molecule has 1 amide bonds. The van der Waals surface area contributed by atoms with E-state index in [1.54, 1.807) is 12.1 Å². The van der Waals surface area contributed by atoms with Gasteiger partial charge in [0.05, 0.1) is 6.10 Å². The summed E-state index contributed by atoms with van der Waals surface area (Å²) in [5, 5.41) is 12.4. The Labute approximate surface area is 113 Å². The molecule has 18 heavy (non-hydrogen) atoms. The van der Waals surface area contributed by atoms with E-state index in [9.17, 15) is 9.90 Å². The zero-order valence-electron chi connectivity index (χ0n) is 10.8. The highest BCUT2D eigenvalue weighted by molar-refractivity contribution is 6.17. The van der Waals surface area contributed by atoms with Crippen molar-refractivity contribution in [2.24, 2.45) is 5.92 Å². The maximum Gasteiger partial charge on any atom is 0.251 e. The Morgan fingerprint density at radius 1 is 1.33 bits per heavy atom. The van der Waals surface area contributed by atoms with Crippen LogP contribution in [0, 0.1) is 5.92 Å². The van der Waals surface area contributed by atoms with Crippen molar-refractivity contribution in [2.75, 3.05) is 6.54 Å². The number of rotatable bonds is 6. The monoisotopic (exact) mass is 269 g/mol. The summed E-state index contributed by atoms with van der Waals surface area (Å²) in [6, 6.07) is 7.13. The first-order valence-electron chi connectivity index (χ1n) is 6.14. The number of nitrogens with one attached hydrogen (secondary N) is 1. The molecule has 0 aliphatic heterocycles. The first kappa shape index (κ1) is 15.0. The van der Waals surface area contributed by atoms with Crippen LogP contribution in [-0.2, 0) is 5.88 Å². The molecule has 0 saturated carbocycles. The summed E-state index contributed by atoms with van der Waals surface area (Å²) >= 11 is 5.68. The molecule has 1 unspecified atom stereocenters. The van der Waals surface area contributed by atoms with Crippen molar-refractivity contribution in [3.05, 3.63) is 35.4 Å². The van der Waals surface area contributed by atoms with Crippen molar-refractivity contribution in [1.82, 2.24) is 5.32 Å². The van der Waals surface area contributed by atoms with E-state index in [-0.39, 0.29) is 12.5 Å². The van der Waals surface area contributed by atoms with Gasteiger partial charge in [0.1, 0.15) is 0 Å². The van der Waals surface area contributed by atoms with Crippen LogP contribution in [0.2, 0.25) is 0 Å². The molecular weight excluding hydrogens is 250 g/mol. The molecule has 0 aromatic heterocycles. The van der Waals surface area contributed by atoms with Crippen molar-refractivity contribution >= 4 is 17.5 Å². The number of hydrogen-bond acceptors (Lipinski definition) is 2. The minimum absolute atomic E-state index is 0.168. The number of aliphatic hydroxyl groups is 1. The maximum atomic E-state index is 11.8. The van der Waals surface area contributed by atoms with Crippen molar-refractivity contribution in [3.63, 3.8) is 0 Å². The van der Waals surface area contributed by atoms with Crippen LogP contribution in [0.3, 0.4) is 0 Å². The van der Waals surface area contributed by atoms with Crippen molar-refractivity contribution in [1.29, 1.82) is 0 Å². The quantitative estimate of drug-likeness (QED) is 0.780. The van der Waals surface area contributed by atoms with Crippen molar-refractivity contribution < 1.29 is 9.90 Å². The summed E-state index contributed by atoms with van der Waals surface area (Å²) in [6.45, 7) is 4.36. The Morgan fingerprint density at radius 3 is 2.44 bits per heavy atom. The fourth-order valence-corrected chi connectivity index (χ4v) is 1.86. The third-order valence-corrected chi connectivity index (χ3v) is 2.92. The van der Waals surface area contributed by atoms with Crippen molar-refractivity contribution in [3.8, 4) is 0 Å². The molecule has 1 aromatic rings. The van der Waals surface area contributed by atoms with E-state index in [0.29, 0.717) is 23.8 Å². The van der Waals surface area contributed by atoms with Gasteiger partial charge in [-0.05, 0) is 30.0 Å². The molecule has 2 N–H and O–H groups in total.